The lowest BCUT2D eigenvalue weighted by Gasteiger charge is -2.15. The normalized spacial score (nSPS) is 19.7. The van der Waals surface area contributed by atoms with Gasteiger partial charge in [0.15, 0.2) is 11.5 Å². The third kappa shape index (κ3) is 9.64. The van der Waals surface area contributed by atoms with Gasteiger partial charge in [-0.2, -0.15) is 0 Å². The van der Waals surface area contributed by atoms with Crippen LogP contribution in [-0.4, -0.2) is 37.1 Å². The predicted octanol–water partition coefficient (Wildman–Crippen LogP) is 10.6. The Labute approximate surface area is 309 Å². The van der Waals surface area contributed by atoms with E-state index in [2.05, 4.69) is 27.7 Å². The minimum absolute atomic E-state index is 0.0732. The van der Waals surface area contributed by atoms with E-state index in [-0.39, 0.29) is 43.3 Å². The molecule has 48 heavy (non-hydrogen) atoms. The number of rotatable bonds is 14. The van der Waals surface area contributed by atoms with Gasteiger partial charge in [0.2, 0.25) is 0 Å². The Bertz CT molecular complexity index is 1460. The fourth-order valence-electron chi connectivity index (χ4n) is 5.99. The van der Waals surface area contributed by atoms with Crippen LogP contribution < -0.4 is 9.47 Å². The Kier molecular flexibility index (Phi) is 13.6. The summed E-state index contributed by atoms with van der Waals surface area (Å²) in [4.78, 5) is 52.1. The third-order valence-corrected chi connectivity index (χ3v) is 10.9. The average Bonchev–Trinajstić information content (AvgIpc) is 3.94. The van der Waals surface area contributed by atoms with Crippen molar-refractivity contribution in [2.75, 3.05) is 13.2 Å². The van der Waals surface area contributed by atoms with E-state index in [9.17, 15) is 19.2 Å². The quantitative estimate of drug-likeness (QED) is 0.0613. The molecule has 2 saturated carbocycles. The fraction of sp³-hybridized carbons (Fsp3) is 0.529. The maximum absolute atomic E-state index is 13.1. The number of ether oxygens (including phenoxy) is 4. The first-order valence-corrected chi connectivity index (χ1v) is 18.0. The van der Waals surface area contributed by atoms with E-state index in [1.807, 2.05) is 0 Å². The van der Waals surface area contributed by atoms with Crippen LogP contribution in [0.25, 0.3) is 0 Å². The number of benzene rings is 2. The summed E-state index contributed by atoms with van der Waals surface area (Å²) in [6, 6.07) is 2.26. The largest absolute Gasteiger partial charge is 0.462 e. The van der Waals surface area contributed by atoms with Gasteiger partial charge in [-0.3, -0.25) is 0 Å². The van der Waals surface area contributed by atoms with Crippen LogP contribution >= 0.6 is 69.6 Å². The first kappa shape index (κ1) is 38.9. The van der Waals surface area contributed by atoms with Crippen LogP contribution in [0, 0.1) is 35.5 Å². The molecule has 0 aliphatic heterocycles. The molecule has 262 valence electrons. The SMILES string of the molecule is CC(C)C1CC1CCCOC(=O)c1c(Cl)c(Cl)cc(Cl)c1OC(=O)C(=O)Oc1c(Cl)cc(Cl)c(Cl)c1C(=O)OCCCC1CC1C(C)C. The molecule has 0 bridgehead atoms. The first-order valence-electron chi connectivity index (χ1n) is 15.7. The van der Waals surface area contributed by atoms with E-state index in [1.165, 1.54) is 0 Å². The van der Waals surface area contributed by atoms with Crippen molar-refractivity contribution in [1.82, 2.24) is 0 Å². The molecule has 4 atom stereocenters. The third-order valence-electron chi connectivity index (χ3n) is 8.79. The second kappa shape index (κ2) is 16.8. The van der Waals surface area contributed by atoms with Crippen molar-refractivity contribution < 1.29 is 38.1 Å². The summed E-state index contributed by atoms with van der Waals surface area (Å²) >= 11 is 37.4. The van der Waals surface area contributed by atoms with Crippen molar-refractivity contribution in [3.05, 3.63) is 53.4 Å². The zero-order valence-corrected chi connectivity index (χ0v) is 31.3. The van der Waals surface area contributed by atoms with Gasteiger partial charge in [-0.25, -0.2) is 19.2 Å². The summed E-state index contributed by atoms with van der Waals surface area (Å²) in [6.07, 6.45) is 5.29. The lowest BCUT2D eigenvalue weighted by atomic mass is 10.1. The second-order valence-electron chi connectivity index (χ2n) is 12.9. The molecule has 0 radical (unpaired) electrons. The molecule has 2 fully saturated rings. The second-order valence-corrected chi connectivity index (χ2v) is 15.2. The number of hydrogen-bond donors (Lipinski definition) is 0. The van der Waals surface area contributed by atoms with E-state index >= 15 is 0 Å². The molecule has 2 aliphatic rings. The van der Waals surface area contributed by atoms with Crippen LogP contribution in [0.2, 0.25) is 30.1 Å². The molecule has 2 aliphatic carbocycles. The van der Waals surface area contributed by atoms with Crippen molar-refractivity contribution in [3.8, 4) is 11.5 Å². The monoisotopic (exact) mass is 782 g/mol. The summed E-state index contributed by atoms with van der Waals surface area (Å²) in [5.74, 6) is -2.63. The lowest BCUT2D eigenvalue weighted by Crippen LogP contribution is -2.27. The Morgan fingerprint density at radius 3 is 1.29 bits per heavy atom. The number of carbonyl (C=O) groups is 4. The Morgan fingerprint density at radius 2 is 0.979 bits per heavy atom. The molecule has 8 nitrogen and oxygen atoms in total. The van der Waals surface area contributed by atoms with Crippen LogP contribution in [0.3, 0.4) is 0 Å². The van der Waals surface area contributed by atoms with Crippen LogP contribution in [0.4, 0.5) is 0 Å². The zero-order valence-electron chi connectivity index (χ0n) is 26.8. The molecular formula is C34H36Cl6O8. The van der Waals surface area contributed by atoms with Crippen molar-refractivity contribution in [3.63, 3.8) is 0 Å². The van der Waals surface area contributed by atoms with Gasteiger partial charge < -0.3 is 18.9 Å². The summed E-state index contributed by atoms with van der Waals surface area (Å²) in [5.41, 5.74) is -0.908. The predicted molar refractivity (Wildman–Crippen MR) is 186 cm³/mol. The average molecular weight is 785 g/mol. The molecule has 0 aromatic heterocycles. The molecule has 0 heterocycles. The molecule has 0 N–H and O–H groups in total. The van der Waals surface area contributed by atoms with Crippen molar-refractivity contribution in [2.45, 2.75) is 66.2 Å². The highest BCUT2D eigenvalue weighted by molar-refractivity contribution is 6.47. The summed E-state index contributed by atoms with van der Waals surface area (Å²) < 4.78 is 21.1. The van der Waals surface area contributed by atoms with Gasteiger partial charge in [-0.05, 0) is 86.2 Å². The standard InChI is InChI=1S/C34H36Cl6O8/c1-15(2)19-11-17(19)7-5-9-45-31(41)25-27(39)21(35)13-23(37)29(25)47-33(43)34(44)48-30-24(38)14-22(36)28(40)26(30)32(42)46-10-6-8-18-12-20(18)16(3)4/h13-20H,5-12H2,1-4H3. The topological polar surface area (TPSA) is 105 Å². The van der Waals surface area contributed by atoms with Gasteiger partial charge in [0, 0.05) is 0 Å². The smallest absolute Gasteiger partial charge is 0.423 e. The number of halogens is 6. The number of esters is 4. The highest BCUT2D eigenvalue weighted by Crippen LogP contribution is 2.48. The van der Waals surface area contributed by atoms with Crippen molar-refractivity contribution in [2.24, 2.45) is 35.5 Å². The molecule has 4 rings (SSSR count). The van der Waals surface area contributed by atoms with E-state index in [4.69, 9.17) is 88.6 Å². The van der Waals surface area contributed by atoms with E-state index < -0.39 is 46.5 Å². The van der Waals surface area contributed by atoms with Crippen LogP contribution in [0.1, 0.15) is 86.9 Å². The molecule has 0 spiro atoms. The maximum atomic E-state index is 13.1. The molecule has 14 heteroatoms. The molecular weight excluding hydrogens is 749 g/mol. The van der Waals surface area contributed by atoms with Gasteiger partial charge in [-0.1, -0.05) is 97.3 Å². The van der Waals surface area contributed by atoms with Crippen molar-refractivity contribution >= 4 is 93.5 Å². The van der Waals surface area contributed by atoms with Crippen molar-refractivity contribution in [1.29, 1.82) is 0 Å². The van der Waals surface area contributed by atoms with E-state index in [1.54, 1.807) is 0 Å². The molecule has 2 aromatic carbocycles. The Hall–Kier alpha value is -1.94. The zero-order chi connectivity index (χ0) is 35.4. The van der Waals surface area contributed by atoms with Gasteiger partial charge in [0.1, 0.15) is 11.1 Å². The maximum Gasteiger partial charge on any atom is 0.423 e. The summed E-state index contributed by atoms with van der Waals surface area (Å²) in [7, 11) is 0. The Morgan fingerprint density at radius 1 is 0.625 bits per heavy atom. The van der Waals surface area contributed by atoms with Crippen LogP contribution in [0.5, 0.6) is 11.5 Å². The van der Waals surface area contributed by atoms with Gasteiger partial charge in [0.25, 0.3) is 0 Å². The van der Waals surface area contributed by atoms with Crippen LogP contribution in [0.15, 0.2) is 12.1 Å². The number of hydrogen-bond acceptors (Lipinski definition) is 8. The van der Waals surface area contributed by atoms with E-state index in [0.717, 1.165) is 37.8 Å². The van der Waals surface area contributed by atoms with Gasteiger partial charge >= 0.3 is 23.9 Å². The van der Waals surface area contributed by atoms with Gasteiger partial charge in [0.05, 0.1) is 43.3 Å². The summed E-state index contributed by atoms with van der Waals surface area (Å²) in [5, 5.41) is -1.45. The molecule has 2 aromatic rings. The van der Waals surface area contributed by atoms with Crippen LogP contribution in [-0.2, 0) is 19.1 Å². The highest BCUT2D eigenvalue weighted by Gasteiger charge is 2.39. The minimum atomic E-state index is -1.64. The number of carbonyl (C=O) groups excluding carboxylic acids is 4. The first-order chi connectivity index (χ1) is 22.6. The van der Waals surface area contributed by atoms with E-state index in [0.29, 0.717) is 48.3 Å². The highest BCUT2D eigenvalue weighted by atomic mass is 35.5. The lowest BCUT2D eigenvalue weighted by molar-refractivity contribution is -0.156. The van der Waals surface area contributed by atoms with Gasteiger partial charge in [-0.15, -0.1) is 0 Å². The Balaban J connectivity index is 1.43. The fourth-order valence-corrected chi connectivity index (χ4v) is 7.43. The minimum Gasteiger partial charge on any atom is -0.462 e. The molecule has 0 amide bonds. The molecule has 4 unspecified atom stereocenters. The molecule has 0 saturated heterocycles. The summed E-state index contributed by atoms with van der Waals surface area (Å²) in [6.45, 7) is 8.87.